The smallest absolute Gasteiger partial charge is 0.335 e. The highest BCUT2D eigenvalue weighted by Crippen LogP contribution is 2.31. The number of nitrogens with zero attached hydrogens (tertiary/aromatic N) is 2. The molecule has 0 unspecified atom stereocenters. The number of anilines is 1. The van der Waals surface area contributed by atoms with Crippen molar-refractivity contribution in [3.05, 3.63) is 93.5 Å². The fourth-order valence-corrected chi connectivity index (χ4v) is 3.67. The molecule has 4 amide bonds. The lowest BCUT2D eigenvalue weighted by Gasteiger charge is -2.26. The number of barbiturate groups is 1. The number of amides is 4. The molecule has 11 heteroatoms. The number of nitrogens with one attached hydrogen (secondary N) is 1. The Morgan fingerprint density at radius 3 is 2.29 bits per heavy atom. The van der Waals surface area contributed by atoms with Crippen LogP contribution in [0.25, 0.3) is 6.08 Å². The Morgan fingerprint density at radius 1 is 0.947 bits per heavy atom. The third kappa shape index (κ3) is 5.62. The number of carbonyl (C=O) groups is 3. The number of nitro groups is 1. The topological polar surface area (TPSA) is 137 Å². The number of rotatable bonds is 9. The maximum atomic E-state index is 13.2. The summed E-state index contributed by atoms with van der Waals surface area (Å²) in [5.41, 5.74) is 1.21. The lowest BCUT2D eigenvalue weighted by molar-refractivity contribution is -0.384. The zero-order chi connectivity index (χ0) is 27.2. The Bertz CT molecular complexity index is 1420. The fourth-order valence-electron chi connectivity index (χ4n) is 3.67. The molecule has 4 rings (SSSR count). The molecule has 1 fully saturated rings. The van der Waals surface area contributed by atoms with Crippen LogP contribution in [0, 0.1) is 10.1 Å². The van der Waals surface area contributed by atoms with Gasteiger partial charge in [-0.1, -0.05) is 6.07 Å². The van der Waals surface area contributed by atoms with Gasteiger partial charge in [0.05, 0.1) is 24.3 Å². The zero-order valence-corrected chi connectivity index (χ0v) is 20.5. The number of imide groups is 2. The van der Waals surface area contributed by atoms with Crippen LogP contribution in [0.1, 0.15) is 18.1 Å². The molecule has 194 valence electrons. The summed E-state index contributed by atoms with van der Waals surface area (Å²) in [5, 5.41) is 13.0. The second-order valence-corrected chi connectivity index (χ2v) is 8.01. The predicted molar refractivity (Wildman–Crippen MR) is 137 cm³/mol. The molecular formula is C27H23N3O8. The molecule has 1 aliphatic heterocycles. The summed E-state index contributed by atoms with van der Waals surface area (Å²) in [6.07, 6.45) is 1.36. The zero-order valence-electron chi connectivity index (χ0n) is 20.5. The number of nitro benzene ring substituents is 1. The van der Waals surface area contributed by atoms with Gasteiger partial charge in [0, 0.05) is 12.1 Å². The van der Waals surface area contributed by atoms with Crippen LogP contribution < -0.4 is 24.4 Å². The summed E-state index contributed by atoms with van der Waals surface area (Å²) >= 11 is 0. The standard InChI is InChI=1S/C27H23N3O8/c1-3-37-24-15-18(6-13-23(24)38-16-17-4-7-20(8-5-17)30(34)35)14-22-25(31)28-27(33)29(26(22)32)19-9-11-21(36-2)12-10-19/h4-15H,3,16H2,1-2H3,(H,28,31,33)/b22-14+. The van der Waals surface area contributed by atoms with Gasteiger partial charge in [0.1, 0.15) is 17.9 Å². The molecular weight excluding hydrogens is 494 g/mol. The van der Waals surface area contributed by atoms with Crippen molar-refractivity contribution in [2.45, 2.75) is 13.5 Å². The van der Waals surface area contributed by atoms with Gasteiger partial charge in [0.15, 0.2) is 11.5 Å². The molecule has 3 aromatic carbocycles. The predicted octanol–water partition coefficient (Wildman–Crippen LogP) is 4.25. The molecule has 1 heterocycles. The monoisotopic (exact) mass is 517 g/mol. The number of carbonyl (C=O) groups excluding carboxylic acids is 3. The van der Waals surface area contributed by atoms with Crippen LogP contribution in [-0.2, 0) is 16.2 Å². The number of hydrogen-bond acceptors (Lipinski definition) is 8. The van der Waals surface area contributed by atoms with Crippen molar-refractivity contribution < 1.29 is 33.5 Å². The van der Waals surface area contributed by atoms with E-state index in [2.05, 4.69) is 5.32 Å². The van der Waals surface area contributed by atoms with Crippen molar-refractivity contribution in [1.29, 1.82) is 0 Å². The number of non-ortho nitro benzene ring substituents is 1. The average Bonchev–Trinajstić information content (AvgIpc) is 2.91. The van der Waals surface area contributed by atoms with E-state index in [1.54, 1.807) is 49.4 Å². The molecule has 38 heavy (non-hydrogen) atoms. The quantitative estimate of drug-likeness (QED) is 0.192. The van der Waals surface area contributed by atoms with Crippen LogP contribution in [-0.4, -0.2) is 36.5 Å². The Labute approximate surface area is 217 Å². The lowest BCUT2D eigenvalue weighted by Crippen LogP contribution is -2.54. The Kier molecular flexibility index (Phi) is 7.66. The third-order valence-electron chi connectivity index (χ3n) is 5.55. The maximum Gasteiger partial charge on any atom is 0.335 e. The SMILES string of the molecule is CCOc1cc(/C=C2\C(=O)NC(=O)N(c3ccc(OC)cc3)C2=O)ccc1OCc1ccc([N+](=O)[O-])cc1. The molecule has 0 spiro atoms. The van der Waals surface area contributed by atoms with Gasteiger partial charge in [-0.3, -0.25) is 25.0 Å². The fraction of sp³-hybridized carbons (Fsp3) is 0.148. The van der Waals surface area contributed by atoms with E-state index in [0.717, 1.165) is 10.5 Å². The van der Waals surface area contributed by atoms with E-state index in [4.69, 9.17) is 14.2 Å². The summed E-state index contributed by atoms with van der Waals surface area (Å²) in [7, 11) is 1.50. The van der Waals surface area contributed by atoms with Gasteiger partial charge in [-0.05, 0) is 72.7 Å². The summed E-state index contributed by atoms with van der Waals surface area (Å²) in [4.78, 5) is 49.4. The van der Waals surface area contributed by atoms with Gasteiger partial charge in [0.2, 0.25) is 0 Å². The molecule has 0 aliphatic carbocycles. The van der Waals surface area contributed by atoms with Gasteiger partial charge in [-0.25, -0.2) is 9.69 Å². The molecule has 11 nitrogen and oxygen atoms in total. The number of ether oxygens (including phenoxy) is 3. The average molecular weight is 517 g/mol. The van der Waals surface area contributed by atoms with Gasteiger partial charge < -0.3 is 14.2 Å². The normalized spacial score (nSPS) is 14.3. The first-order valence-corrected chi connectivity index (χ1v) is 11.5. The molecule has 0 bridgehead atoms. The second-order valence-electron chi connectivity index (χ2n) is 8.01. The minimum absolute atomic E-state index is 0.0188. The molecule has 0 saturated carbocycles. The van der Waals surface area contributed by atoms with E-state index in [9.17, 15) is 24.5 Å². The molecule has 1 N–H and O–H groups in total. The summed E-state index contributed by atoms with van der Waals surface area (Å²) < 4.78 is 16.6. The maximum absolute atomic E-state index is 13.2. The van der Waals surface area contributed by atoms with Crippen LogP contribution in [0.15, 0.2) is 72.3 Å². The van der Waals surface area contributed by atoms with Gasteiger partial charge >= 0.3 is 6.03 Å². The van der Waals surface area contributed by atoms with E-state index in [-0.39, 0.29) is 23.6 Å². The summed E-state index contributed by atoms with van der Waals surface area (Å²) in [6.45, 7) is 2.26. The Balaban J connectivity index is 1.57. The molecule has 0 aromatic heterocycles. The molecule has 3 aromatic rings. The van der Waals surface area contributed by atoms with Crippen molar-refractivity contribution in [3.8, 4) is 17.2 Å². The van der Waals surface area contributed by atoms with E-state index < -0.39 is 22.8 Å². The van der Waals surface area contributed by atoms with E-state index in [0.29, 0.717) is 29.4 Å². The van der Waals surface area contributed by atoms with Gasteiger partial charge in [-0.15, -0.1) is 0 Å². The van der Waals surface area contributed by atoms with Gasteiger partial charge in [-0.2, -0.15) is 0 Å². The summed E-state index contributed by atoms with van der Waals surface area (Å²) in [5.74, 6) is -0.274. The Morgan fingerprint density at radius 2 is 1.66 bits per heavy atom. The minimum Gasteiger partial charge on any atom is -0.497 e. The van der Waals surface area contributed by atoms with E-state index >= 15 is 0 Å². The molecule has 0 atom stereocenters. The first-order chi connectivity index (χ1) is 18.3. The van der Waals surface area contributed by atoms with Crippen LogP contribution in [0.2, 0.25) is 0 Å². The van der Waals surface area contributed by atoms with E-state index in [1.807, 2.05) is 0 Å². The van der Waals surface area contributed by atoms with Gasteiger partial charge in [0.25, 0.3) is 17.5 Å². The van der Waals surface area contributed by atoms with Crippen molar-refractivity contribution in [2.24, 2.45) is 0 Å². The third-order valence-corrected chi connectivity index (χ3v) is 5.55. The van der Waals surface area contributed by atoms with E-state index in [1.165, 1.54) is 37.5 Å². The Hall–Kier alpha value is -5.19. The number of urea groups is 1. The number of benzene rings is 3. The largest absolute Gasteiger partial charge is 0.497 e. The molecule has 1 saturated heterocycles. The molecule has 0 radical (unpaired) electrons. The van der Waals surface area contributed by atoms with Crippen LogP contribution in [0.5, 0.6) is 17.2 Å². The second kappa shape index (κ2) is 11.2. The van der Waals surface area contributed by atoms with Crippen molar-refractivity contribution >= 4 is 35.3 Å². The highest BCUT2D eigenvalue weighted by molar-refractivity contribution is 6.39. The van der Waals surface area contributed by atoms with Crippen molar-refractivity contribution in [1.82, 2.24) is 5.32 Å². The highest BCUT2D eigenvalue weighted by atomic mass is 16.6. The van der Waals surface area contributed by atoms with Crippen molar-refractivity contribution in [3.63, 3.8) is 0 Å². The molecule has 1 aliphatic rings. The summed E-state index contributed by atoms with van der Waals surface area (Å²) in [6, 6.07) is 16.3. The number of hydrogen-bond donors (Lipinski definition) is 1. The van der Waals surface area contributed by atoms with Crippen LogP contribution >= 0.6 is 0 Å². The first-order valence-electron chi connectivity index (χ1n) is 11.5. The van der Waals surface area contributed by atoms with Crippen LogP contribution in [0.3, 0.4) is 0 Å². The van der Waals surface area contributed by atoms with Crippen molar-refractivity contribution in [2.75, 3.05) is 18.6 Å². The minimum atomic E-state index is -0.854. The highest BCUT2D eigenvalue weighted by Gasteiger charge is 2.36. The van der Waals surface area contributed by atoms with Crippen LogP contribution in [0.4, 0.5) is 16.2 Å². The number of methoxy groups -OCH3 is 1. The lowest BCUT2D eigenvalue weighted by atomic mass is 10.1. The first kappa shape index (κ1) is 25.9.